The standard InChI is InChI=1S/C20H22N2S/c1-2-8-17-16(6-1)7-3-9-18(17)20(19-10-4-15-23-19)22-13-5-11-21-12-14-22/h1-4,6-10,15,20-21H,5,11-14H2. The van der Waals surface area contributed by atoms with Crippen molar-refractivity contribution in [1.29, 1.82) is 0 Å². The van der Waals surface area contributed by atoms with Gasteiger partial charge >= 0.3 is 0 Å². The first-order valence-corrected chi connectivity index (χ1v) is 9.27. The highest BCUT2D eigenvalue weighted by atomic mass is 32.1. The van der Waals surface area contributed by atoms with Crippen molar-refractivity contribution >= 4 is 22.1 Å². The van der Waals surface area contributed by atoms with Crippen molar-refractivity contribution < 1.29 is 0 Å². The van der Waals surface area contributed by atoms with Gasteiger partial charge in [0.15, 0.2) is 0 Å². The van der Waals surface area contributed by atoms with Crippen LogP contribution in [0.3, 0.4) is 0 Å². The van der Waals surface area contributed by atoms with Crippen molar-refractivity contribution in [3.8, 4) is 0 Å². The molecule has 0 amide bonds. The molecule has 0 aliphatic carbocycles. The molecular weight excluding hydrogens is 300 g/mol. The minimum atomic E-state index is 0.362. The SMILES string of the molecule is c1csc(C(c2cccc3ccccc23)N2CCCNCC2)c1. The van der Waals surface area contributed by atoms with Gasteiger partial charge in [-0.05, 0) is 40.7 Å². The molecule has 2 heterocycles. The number of hydrogen-bond donors (Lipinski definition) is 1. The minimum absolute atomic E-state index is 0.362. The van der Waals surface area contributed by atoms with Gasteiger partial charge in [-0.3, -0.25) is 4.90 Å². The van der Waals surface area contributed by atoms with E-state index < -0.39 is 0 Å². The van der Waals surface area contributed by atoms with Gasteiger partial charge in [0.1, 0.15) is 0 Å². The van der Waals surface area contributed by atoms with Crippen molar-refractivity contribution in [2.75, 3.05) is 26.2 Å². The molecule has 1 atom stereocenters. The fourth-order valence-electron chi connectivity index (χ4n) is 3.59. The molecule has 1 fully saturated rings. The predicted molar refractivity (Wildman–Crippen MR) is 99.2 cm³/mol. The van der Waals surface area contributed by atoms with E-state index in [4.69, 9.17) is 0 Å². The maximum absolute atomic E-state index is 3.53. The average molecular weight is 322 g/mol. The van der Waals surface area contributed by atoms with Crippen LogP contribution >= 0.6 is 11.3 Å². The summed E-state index contributed by atoms with van der Waals surface area (Å²) in [6.45, 7) is 4.46. The molecule has 3 aromatic rings. The fourth-order valence-corrected chi connectivity index (χ4v) is 4.47. The molecule has 1 saturated heterocycles. The molecule has 1 N–H and O–H groups in total. The van der Waals surface area contributed by atoms with Crippen LogP contribution in [-0.4, -0.2) is 31.1 Å². The summed E-state index contributed by atoms with van der Waals surface area (Å²) in [5.41, 5.74) is 1.44. The third-order valence-electron chi connectivity index (χ3n) is 4.67. The number of rotatable bonds is 3. The normalized spacial score (nSPS) is 17.9. The Bertz CT molecular complexity index is 753. The highest BCUT2D eigenvalue weighted by Gasteiger charge is 2.25. The lowest BCUT2D eigenvalue weighted by molar-refractivity contribution is 0.245. The molecule has 3 heteroatoms. The maximum Gasteiger partial charge on any atom is 0.0702 e. The van der Waals surface area contributed by atoms with Crippen LogP contribution in [0.5, 0.6) is 0 Å². The lowest BCUT2D eigenvalue weighted by Crippen LogP contribution is -2.32. The van der Waals surface area contributed by atoms with Gasteiger partial charge in [-0.2, -0.15) is 0 Å². The van der Waals surface area contributed by atoms with Gasteiger partial charge in [0, 0.05) is 24.5 Å². The van der Waals surface area contributed by atoms with Crippen molar-refractivity contribution in [1.82, 2.24) is 10.2 Å². The summed E-state index contributed by atoms with van der Waals surface area (Å²) >= 11 is 1.87. The second-order valence-corrected chi connectivity index (χ2v) is 7.11. The van der Waals surface area contributed by atoms with Crippen LogP contribution in [0.1, 0.15) is 22.9 Å². The molecule has 1 aromatic heterocycles. The quantitative estimate of drug-likeness (QED) is 0.774. The van der Waals surface area contributed by atoms with E-state index in [9.17, 15) is 0 Å². The summed E-state index contributed by atoms with van der Waals surface area (Å²) < 4.78 is 0. The molecule has 2 nitrogen and oxygen atoms in total. The Morgan fingerprint density at radius 1 is 0.913 bits per heavy atom. The Labute approximate surface area is 141 Å². The molecule has 118 valence electrons. The number of hydrogen-bond acceptors (Lipinski definition) is 3. The van der Waals surface area contributed by atoms with E-state index >= 15 is 0 Å². The summed E-state index contributed by atoms with van der Waals surface area (Å²) in [7, 11) is 0. The lowest BCUT2D eigenvalue weighted by atomic mass is 9.96. The summed E-state index contributed by atoms with van der Waals surface area (Å²) in [4.78, 5) is 4.09. The highest BCUT2D eigenvalue weighted by Crippen LogP contribution is 2.36. The molecule has 2 aromatic carbocycles. The zero-order valence-corrected chi connectivity index (χ0v) is 14.1. The number of nitrogens with zero attached hydrogens (tertiary/aromatic N) is 1. The zero-order valence-electron chi connectivity index (χ0n) is 13.2. The van der Waals surface area contributed by atoms with Crippen LogP contribution in [0, 0.1) is 0 Å². The van der Waals surface area contributed by atoms with E-state index in [0.717, 1.165) is 26.2 Å². The molecule has 0 bridgehead atoms. The largest absolute Gasteiger partial charge is 0.315 e. The molecule has 1 unspecified atom stereocenters. The summed E-state index contributed by atoms with van der Waals surface area (Å²) in [5.74, 6) is 0. The maximum atomic E-state index is 3.53. The van der Waals surface area contributed by atoms with Crippen LogP contribution in [0.4, 0.5) is 0 Å². The van der Waals surface area contributed by atoms with Gasteiger partial charge in [0.25, 0.3) is 0 Å². The van der Waals surface area contributed by atoms with E-state index in [-0.39, 0.29) is 0 Å². The van der Waals surface area contributed by atoms with Crippen molar-refractivity contribution in [3.05, 3.63) is 70.4 Å². The Balaban J connectivity index is 1.83. The lowest BCUT2D eigenvalue weighted by Gasteiger charge is -2.31. The third-order valence-corrected chi connectivity index (χ3v) is 5.60. The van der Waals surface area contributed by atoms with E-state index in [1.165, 1.54) is 27.6 Å². The number of benzene rings is 2. The molecule has 1 aliphatic rings. The third kappa shape index (κ3) is 3.05. The van der Waals surface area contributed by atoms with Crippen LogP contribution in [0.2, 0.25) is 0 Å². The zero-order chi connectivity index (χ0) is 15.5. The first-order chi connectivity index (χ1) is 11.4. The smallest absolute Gasteiger partial charge is 0.0702 e. The van der Waals surface area contributed by atoms with Gasteiger partial charge in [-0.1, -0.05) is 48.5 Å². The van der Waals surface area contributed by atoms with Gasteiger partial charge in [0.2, 0.25) is 0 Å². The van der Waals surface area contributed by atoms with Crippen LogP contribution in [0.25, 0.3) is 10.8 Å². The molecule has 0 spiro atoms. The Morgan fingerprint density at radius 3 is 2.74 bits per heavy atom. The fraction of sp³-hybridized carbons (Fsp3) is 0.300. The van der Waals surface area contributed by atoms with Crippen molar-refractivity contribution in [3.63, 3.8) is 0 Å². The van der Waals surface area contributed by atoms with Crippen LogP contribution in [-0.2, 0) is 0 Å². The van der Waals surface area contributed by atoms with Gasteiger partial charge in [0.05, 0.1) is 6.04 Å². The van der Waals surface area contributed by atoms with Crippen molar-refractivity contribution in [2.24, 2.45) is 0 Å². The highest BCUT2D eigenvalue weighted by molar-refractivity contribution is 7.10. The molecule has 0 radical (unpaired) electrons. The van der Waals surface area contributed by atoms with E-state index in [0.29, 0.717) is 6.04 Å². The monoisotopic (exact) mass is 322 g/mol. The van der Waals surface area contributed by atoms with E-state index in [1.807, 2.05) is 11.3 Å². The molecule has 23 heavy (non-hydrogen) atoms. The number of nitrogens with one attached hydrogen (secondary N) is 1. The van der Waals surface area contributed by atoms with Gasteiger partial charge < -0.3 is 5.32 Å². The van der Waals surface area contributed by atoms with Gasteiger partial charge in [-0.25, -0.2) is 0 Å². The van der Waals surface area contributed by atoms with Crippen LogP contribution in [0.15, 0.2) is 60.0 Å². The van der Waals surface area contributed by atoms with Crippen molar-refractivity contribution in [2.45, 2.75) is 12.5 Å². The number of thiophene rings is 1. The molecule has 0 saturated carbocycles. The summed E-state index contributed by atoms with van der Waals surface area (Å²) in [6, 6.07) is 20.3. The minimum Gasteiger partial charge on any atom is -0.315 e. The first-order valence-electron chi connectivity index (χ1n) is 8.39. The topological polar surface area (TPSA) is 15.3 Å². The van der Waals surface area contributed by atoms with E-state index in [2.05, 4.69) is 70.2 Å². The first kappa shape index (κ1) is 14.9. The Morgan fingerprint density at radius 2 is 1.83 bits per heavy atom. The Kier molecular flexibility index (Phi) is 4.42. The van der Waals surface area contributed by atoms with Gasteiger partial charge in [-0.15, -0.1) is 11.3 Å². The predicted octanol–water partition coefficient (Wildman–Crippen LogP) is 4.29. The molecular formula is C20H22N2S. The summed E-state index contributed by atoms with van der Waals surface area (Å²) in [5, 5.41) is 8.44. The molecule has 1 aliphatic heterocycles. The summed E-state index contributed by atoms with van der Waals surface area (Å²) in [6.07, 6.45) is 1.21. The number of fused-ring (bicyclic) bond motifs is 1. The second-order valence-electron chi connectivity index (χ2n) is 6.13. The Hall–Kier alpha value is -1.68. The van der Waals surface area contributed by atoms with Crippen LogP contribution < -0.4 is 5.32 Å². The molecule has 4 rings (SSSR count). The van der Waals surface area contributed by atoms with E-state index in [1.54, 1.807) is 0 Å². The second kappa shape index (κ2) is 6.83. The average Bonchev–Trinajstić information content (AvgIpc) is 2.98.